The summed E-state index contributed by atoms with van der Waals surface area (Å²) in [5, 5.41) is 6.53. The average Bonchev–Trinajstić information content (AvgIpc) is 2.89. The van der Waals surface area contributed by atoms with Crippen LogP contribution in [-0.4, -0.2) is 55.4 Å². The first-order valence-corrected chi connectivity index (χ1v) is 7.55. The van der Waals surface area contributed by atoms with E-state index in [0.717, 1.165) is 45.4 Å². The van der Waals surface area contributed by atoms with E-state index in [9.17, 15) is 4.79 Å². The molecule has 19 heavy (non-hydrogen) atoms. The van der Waals surface area contributed by atoms with Gasteiger partial charge in [-0.15, -0.1) is 0 Å². The van der Waals surface area contributed by atoms with Crippen LogP contribution in [-0.2, 0) is 4.74 Å². The average molecular weight is 269 g/mol. The molecule has 0 aliphatic carbocycles. The van der Waals surface area contributed by atoms with E-state index in [1.807, 2.05) is 4.90 Å². The third kappa shape index (κ3) is 4.66. The molecule has 0 radical (unpaired) electrons. The van der Waals surface area contributed by atoms with E-state index in [-0.39, 0.29) is 12.1 Å². The normalized spacial score (nSPS) is 25.0. The molecule has 0 aromatic rings. The van der Waals surface area contributed by atoms with E-state index in [1.165, 1.54) is 0 Å². The number of hydrogen-bond donors (Lipinski definition) is 2. The molecule has 110 valence electrons. The van der Waals surface area contributed by atoms with E-state index in [0.29, 0.717) is 18.6 Å². The number of nitrogens with one attached hydrogen (secondary N) is 2. The molecular formula is C14H27N3O2. The van der Waals surface area contributed by atoms with Crippen molar-refractivity contribution in [1.82, 2.24) is 15.5 Å². The second kappa shape index (κ2) is 7.10. The highest BCUT2D eigenvalue weighted by atomic mass is 16.5. The Morgan fingerprint density at radius 3 is 2.63 bits per heavy atom. The summed E-state index contributed by atoms with van der Waals surface area (Å²) in [5.41, 5.74) is 0. The predicted molar refractivity (Wildman–Crippen MR) is 75.2 cm³/mol. The molecule has 2 amide bonds. The highest BCUT2D eigenvalue weighted by Crippen LogP contribution is 2.13. The minimum absolute atomic E-state index is 0.0681. The van der Waals surface area contributed by atoms with Gasteiger partial charge in [0.1, 0.15) is 0 Å². The molecule has 2 aliphatic rings. The standard InChI is InChI=1S/C14H27N3O2/c1-11(2)16-12-5-7-17(8-6-12)14(18)15-10-13-4-3-9-19-13/h11-13,16H,3-10H2,1-2H3,(H,15,18)/t13-/m0/s1. The molecule has 0 bridgehead atoms. The number of nitrogens with zero attached hydrogens (tertiary/aromatic N) is 1. The Hall–Kier alpha value is -0.810. The van der Waals surface area contributed by atoms with Crippen LogP contribution in [0.2, 0.25) is 0 Å². The van der Waals surface area contributed by atoms with E-state index in [1.54, 1.807) is 0 Å². The second-order valence-electron chi connectivity index (χ2n) is 5.90. The second-order valence-corrected chi connectivity index (χ2v) is 5.90. The van der Waals surface area contributed by atoms with Crippen molar-refractivity contribution < 1.29 is 9.53 Å². The summed E-state index contributed by atoms with van der Waals surface area (Å²) in [5.74, 6) is 0. The van der Waals surface area contributed by atoms with Crippen molar-refractivity contribution >= 4 is 6.03 Å². The van der Waals surface area contributed by atoms with Gasteiger partial charge in [0.05, 0.1) is 6.10 Å². The van der Waals surface area contributed by atoms with Gasteiger partial charge in [0.15, 0.2) is 0 Å². The monoisotopic (exact) mass is 269 g/mol. The topological polar surface area (TPSA) is 53.6 Å². The number of amides is 2. The number of hydrogen-bond acceptors (Lipinski definition) is 3. The van der Waals surface area contributed by atoms with Gasteiger partial charge in [-0.3, -0.25) is 0 Å². The molecule has 5 heteroatoms. The van der Waals surface area contributed by atoms with Crippen molar-refractivity contribution in [3.8, 4) is 0 Å². The first-order chi connectivity index (χ1) is 9.15. The first kappa shape index (κ1) is 14.6. The Morgan fingerprint density at radius 2 is 2.05 bits per heavy atom. The maximum absolute atomic E-state index is 12.0. The smallest absolute Gasteiger partial charge is 0.317 e. The Morgan fingerprint density at radius 1 is 1.32 bits per heavy atom. The number of carbonyl (C=O) groups excluding carboxylic acids is 1. The van der Waals surface area contributed by atoms with Gasteiger partial charge >= 0.3 is 6.03 Å². The Labute approximate surface area is 116 Å². The van der Waals surface area contributed by atoms with Crippen LogP contribution in [0.3, 0.4) is 0 Å². The largest absolute Gasteiger partial charge is 0.376 e. The van der Waals surface area contributed by atoms with Crippen LogP contribution in [0.5, 0.6) is 0 Å². The van der Waals surface area contributed by atoms with Crippen LogP contribution in [0.4, 0.5) is 4.79 Å². The lowest BCUT2D eigenvalue weighted by molar-refractivity contribution is 0.107. The fourth-order valence-corrected chi connectivity index (χ4v) is 2.84. The molecule has 2 heterocycles. The quantitative estimate of drug-likeness (QED) is 0.810. The summed E-state index contributed by atoms with van der Waals surface area (Å²) in [4.78, 5) is 13.9. The van der Waals surface area contributed by atoms with Crippen molar-refractivity contribution in [2.45, 2.75) is 57.7 Å². The summed E-state index contributed by atoms with van der Waals surface area (Å²) in [7, 11) is 0. The summed E-state index contributed by atoms with van der Waals surface area (Å²) in [6.07, 6.45) is 4.51. The van der Waals surface area contributed by atoms with Crippen molar-refractivity contribution in [2.24, 2.45) is 0 Å². The molecule has 2 N–H and O–H groups in total. The fourth-order valence-electron chi connectivity index (χ4n) is 2.84. The van der Waals surface area contributed by atoms with E-state index < -0.39 is 0 Å². The highest BCUT2D eigenvalue weighted by molar-refractivity contribution is 5.74. The molecule has 2 aliphatic heterocycles. The molecule has 0 unspecified atom stereocenters. The van der Waals surface area contributed by atoms with Crippen molar-refractivity contribution in [1.29, 1.82) is 0 Å². The molecule has 0 saturated carbocycles. The lowest BCUT2D eigenvalue weighted by Crippen LogP contribution is -2.50. The van der Waals surface area contributed by atoms with Crippen LogP contribution in [0.25, 0.3) is 0 Å². The molecule has 2 rings (SSSR count). The molecule has 5 nitrogen and oxygen atoms in total. The zero-order chi connectivity index (χ0) is 13.7. The van der Waals surface area contributed by atoms with Crippen LogP contribution in [0.15, 0.2) is 0 Å². The molecule has 2 saturated heterocycles. The Balaban J connectivity index is 1.64. The van der Waals surface area contributed by atoms with Gasteiger partial charge in [-0.2, -0.15) is 0 Å². The highest BCUT2D eigenvalue weighted by Gasteiger charge is 2.24. The number of rotatable bonds is 4. The number of carbonyl (C=O) groups is 1. The summed E-state index contributed by atoms with van der Waals surface area (Å²) in [6, 6.07) is 1.14. The first-order valence-electron chi connectivity index (χ1n) is 7.55. The maximum Gasteiger partial charge on any atom is 0.317 e. The Bertz CT molecular complexity index is 282. The van der Waals surface area contributed by atoms with Crippen LogP contribution >= 0.6 is 0 Å². The van der Waals surface area contributed by atoms with Crippen molar-refractivity contribution in [3.63, 3.8) is 0 Å². The van der Waals surface area contributed by atoms with Gasteiger partial charge in [-0.25, -0.2) is 4.79 Å². The Kier molecular flexibility index (Phi) is 5.45. The number of urea groups is 1. The lowest BCUT2D eigenvalue weighted by Gasteiger charge is -2.33. The maximum atomic E-state index is 12.0. The van der Waals surface area contributed by atoms with Gasteiger partial charge in [0.25, 0.3) is 0 Å². The van der Waals surface area contributed by atoms with Gasteiger partial charge < -0.3 is 20.3 Å². The van der Waals surface area contributed by atoms with E-state index in [2.05, 4.69) is 24.5 Å². The van der Waals surface area contributed by atoms with Gasteiger partial charge in [0, 0.05) is 38.3 Å². The van der Waals surface area contributed by atoms with Crippen LogP contribution in [0.1, 0.15) is 39.5 Å². The fraction of sp³-hybridized carbons (Fsp3) is 0.929. The van der Waals surface area contributed by atoms with Crippen LogP contribution in [0, 0.1) is 0 Å². The minimum atomic E-state index is 0.0681. The van der Waals surface area contributed by atoms with Crippen molar-refractivity contribution in [3.05, 3.63) is 0 Å². The summed E-state index contributed by atoms with van der Waals surface area (Å²) >= 11 is 0. The van der Waals surface area contributed by atoms with Gasteiger partial charge in [-0.05, 0) is 25.7 Å². The third-order valence-electron chi connectivity index (χ3n) is 3.86. The summed E-state index contributed by atoms with van der Waals surface area (Å²) in [6.45, 7) is 7.53. The van der Waals surface area contributed by atoms with Gasteiger partial charge in [-0.1, -0.05) is 13.8 Å². The van der Waals surface area contributed by atoms with Crippen LogP contribution < -0.4 is 10.6 Å². The number of likely N-dealkylation sites (tertiary alicyclic amines) is 1. The molecule has 0 spiro atoms. The zero-order valence-corrected chi connectivity index (χ0v) is 12.2. The van der Waals surface area contributed by atoms with Gasteiger partial charge in [0.2, 0.25) is 0 Å². The molecule has 1 atom stereocenters. The zero-order valence-electron chi connectivity index (χ0n) is 12.2. The molecule has 2 fully saturated rings. The minimum Gasteiger partial charge on any atom is -0.376 e. The molecule has 0 aromatic heterocycles. The number of piperidine rings is 1. The lowest BCUT2D eigenvalue weighted by atomic mass is 10.0. The summed E-state index contributed by atoms with van der Waals surface area (Å²) < 4.78 is 5.51. The SMILES string of the molecule is CC(C)NC1CCN(C(=O)NC[C@@H]2CCCO2)CC1. The van der Waals surface area contributed by atoms with E-state index in [4.69, 9.17) is 4.74 Å². The van der Waals surface area contributed by atoms with E-state index >= 15 is 0 Å². The third-order valence-corrected chi connectivity index (χ3v) is 3.86. The molecular weight excluding hydrogens is 242 g/mol. The predicted octanol–water partition coefficient (Wildman–Crippen LogP) is 1.34. The van der Waals surface area contributed by atoms with Crippen molar-refractivity contribution in [2.75, 3.05) is 26.2 Å². The molecule has 0 aromatic carbocycles. The number of ether oxygens (including phenoxy) is 1.